The van der Waals surface area contributed by atoms with Gasteiger partial charge in [0.15, 0.2) is 4.80 Å². The molecule has 6 nitrogen and oxygen atoms in total. The molecule has 0 atom stereocenters. The van der Waals surface area contributed by atoms with Crippen LogP contribution in [0.4, 0.5) is 4.39 Å². The van der Waals surface area contributed by atoms with E-state index in [4.69, 9.17) is 0 Å². The molecule has 2 aromatic rings. The number of nitrogens with zero attached hydrogens (tertiary/aromatic N) is 3. The number of imide groups is 1. The second-order valence-corrected chi connectivity index (χ2v) is 6.28. The number of benzene rings is 1. The number of carbonyl (C=O) groups excluding carboxylic acids is 3. The Hall–Kier alpha value is -2.61. The Bertz CT molecular complexity index is 912. The zero-order valence-corrected chi connectivity index (χ0v) is 13.5. The minimum Gasteiger partial charge on any atom is -0.313 e. The Morgan fingerprint density at radius 2 is 2.04 bits per heavy atom. The highest BCUT2D eigenvalue weighted by atomic mass is 32.1. The van der Waals surface area contributed by atoms with Crippen LogP contribution in [0.25, 0.3) is 10.2 Å². The largest absolute Gasteiger partial charge is 0.313 e. The average molecular weight is 347 g/mol. The van der Waals surface area contributed by atoms with Gasteiger partial charge in [0.2, 0.25) is 11.8 Å². The number of thiazole rings is 1. The number of allylic oxidation sites excluding steroid dienone is 1. The molecule has 124 valence electrons. The molecule has 3 amide bonds. The van der Waals surface area contributed by atoms with Gasteiger partial charge in [-0.05, 0) is 18.2 Å². The summed E-state index contributed by atoms with van der Waals surface area (Å²) in [6.07, 6.45) is 1.90. The van der Waals surface area contributed by atoms with Gasteiger partial charge >= 0.3 is 0 Å². The first-order valence-corrected chi connectivity index (χ1v) is 8.12. The molecule has 1 aliphatic heterocycles. The summed E-state index contributed by atoms with van der Waals surface area (Å²) < 4.78 is 15.8. The topological polar surface area (TPSA) is 71.7 Å². The van der Waals surface area contributed by atoms with E-state index in [9.17, 15) is 18.8 Å². The maximum absolute atomic E-state index is 13.4. The average Bonchev–Trinajstić information content (AvgIpc) is 3.02. The summed E-state index contributed by atoms with van der Waals surface area (Å²) in [5.41, 5.74) is 0.737. The van der Waals surface area contributed by atoms with E-state index in [1.54, 1.807) is 16.7 Å². The van der Waals surface area contributed by atoms with E-state index in [2.05, 4.69) is 11.6 Å². The smallest absolute Gasteiger partial charge is 0.268 e. The van der Waals surface area contributed by atoms with Crippen molar-refractivity contribution in [2.75, 3.05) is 6.54 Å². The van der Waals surface area contributed by atoms with Gasteiger partial charge in [-0.25, -0.2) is 4.39 Å². The predicted molar refractivity (Wildman–Crippen MR) is 86.5 cm³/mol. The molecular weight excluding hydrogens is 333 g/mol. The van der Waals surface area contributed by atoms with Crippen molar-refractivity contribution >= 4 is 39.3 Å². The van der Waals surface area contributed by atoms with Crippen LogP contribution in [0.2, 0.25) is 0 Å². The highest BCUT2D eigenvalue weighted by Crippen LogP contribution is 2.19. The predicted octanol–water partition coefficient (Wildman–Crippen LogP) is 1.60. The molecule has 0 spiro atoms. The second kappa shape index (κ2) is 6.48. The lowest BCUT2D eigenvalue weighted by atomic mass is 10.3. The van der Waals surface area contributed by atoms with Crippen LogP contribution >= 0.6 is 11.3 Å². The van der Waals surface area contributed by atoms with Crippen molar-refractivity contribution in [1.29, 1.82) is 0 Å². The van der Waals surface area contributed by atoms with Crippen LogP contribution in [0, 0.1) is 5.82 Å². The number of rotatable bonds is 4. The molecule has 1 aliphatic rings. The molecule has 1 saturated heterocycles. The van der Waals surface area contributed by atoms with Crippen LogP contribution < -0.4 is 4.80 Å². The van der Waals surface area contributed by atoms with Crippen LogP contribution in [-0.2, 0) is 20.9 Å². The lowest BCUT2D eigenvalue weighted by molar-refractivity contribution is -0.141. The third-order valence-corrected chi connectivity index (χ3v) is 4.67. The Labute approximate surface area is 140 Å². The number of halogens is 1. The van der Waals surface area contributed by atoms with E-state index in [0.29, 0.717) is 16.0 Å². The molecule has 8 heteroatoms. The molecule has 3 rings (SSSR count). The van der Waals surface area contributed by atoms with Crippen LogP contribution in [0.15, 0.2) is 35.8 Å². The first kappa shape index (κ1) is 16.3. The molecule has 2 heterocycles. The van der Waals surface area contributed by atoms with Crippen molar-refractivity contribution in [3.8, 4) is 0 Å². The Morgan fingerprint density at radius 3 is 2.71 bits per heavy atom. The molecule has 0 unspecified atom stereocenters. The molecule has 0 saturated carbocycles. The summed E-state index contributed by atoms with van der Waals surface area (Å²) in [4.78, 5) is 40.6. The highest BCUT2D eigenvalue weighted by Gasteiger charge is 2.30. The second-order valence-electron chi connectivity index (χ2n) is 5.28. The van der Waals surface area contributed by atoms with E-state index in [1.807, 2.05) is 0 Å². The fraction of sp³-hybridized carbons (Fsp3) is 0.250. The third kappa shape index (κ3) is 3.05. The first-order valence-electron chi connectivity index (χ1n) is 7.30. The molecule has 1 fully saturated rings. The Balaban J connectivity index is 1.97. The summed E-state index contributed by atoms with van der Waals surface area (Å²) in [5, 5.41) is 0. The van der Waals surface area contributed by atoms with Gasteiger partial charge in [-0.3, -0.25) is 19.3 Å². The van der Waals surface area contributed by atoms with Gasteiger partial charge in [-0.1, -0.05) is 17.4 Å². The molecule has 1 aromatic carbocycles. The van der Waals surface area contributed by atoms with Crippen LogP contribution in [0.1, 0.15) is 12.8 Å². The summed E-state index contributed by atoms with van der Waals surface area (Å²) in [6, 6.07) is 4.32. The molecular formula is C16H14FN3O3S. The molecule has 24 heavy (non-hydrogen) atoms. The molecule has 1 aromatic heterocycles. The summed E-state index contributed by atoms with van der Waals surface area (Å²) in [6.45, 7) is 3.70. The van der Waals surface area contributed by atoms with Gasteiger partial charge in [0.25, 0.3) is 5.91 Å². The van der Waals surface area contributed by atoms with Gasteiger partial charge in [0, 0.05) is 19.4 Å². The van der Waals surface area contributed by atoms with Gasteiger partial charge in [0.1, 0.15) is 12.4 Å². The fourth-order valence-electron chi connectivity index (χ4n) is 2.51. The number of carbonyl (C=O) groups is 3. The first-order chi connectivity index (χ1) is 11.5. The van der Waals surface area contributed by atoms with E-state index in [-0.39, 0.29) is 37.0 Å². The normalized spacial score (nSPS) is 15.5. The Kier molecular flexibility index (Phi) is 4.39. The van der Waals surface area contributed by atoms with Crippen molar-refractivity contribution in [2.24, 2.45) is 4.99 Å². The molecule has 0 aliphatic carbocycles. The summed E-state index contributed by atoms with van der Waals surface area (Å²) in [5.74, 6) is -1.69. The fourth-order valence-corrected chi connectivity index (χ4v) is 3.60. The van der Waals surface area contributed by atoms with E-state index < -0.39 is 5.91 Å². The van der Waals surface area contributed by atoms with Gasteiger partial charge in [-0.2, -0.15) is 4.99 Å². The maximum atomic E-state index is 13.4. The number of aromatic nitrogens is 1. The number of hydrogen-bond donors (Lipinski definition) is 0. The minimum absolute atomic E-state index is 0.130. The number of hydrogen-bond acceptors (Lipinski definition) is 4. The number of fused-ring (bicyclic) bond motifs is 1. The van der Waals surface area contributed by atoms with Gasteiger partial charge < -0.3 is 4.57 Å². The summed E-state index contributed by atoms with van der Waals surface area (Å²) in [7, 11) is 0. The Morgan fingerprint density at radius 1 is 1.33 bits per heavy atom. The van der Waals surface area contributed by atoms with E-state index >= 15 is 0 Å². The lowest BCUT2D eigenvalue weighted by Gasteiger charge is -2.10. The SMILES string of the molecule is C=CCn1c(=NC(=O)CN2C(=O)CCC2=O)sc2cc(F)ccc21. The van der Waals surface area contributed by atoms with Crippen molar-refractivity contribution in [1.82, 2.24) is 9.47 Å². The van der Waals surface area contributed by atoms with Gasteiger partial charge in [-0.15, -0.1) is 6.58 Å². The van der Waals surface area contributed by atoms with Crippen molar-refractivity contribution < 1.29 is 18.8 Å². The van der Waals surface area contributed by atoms with Crippen molar-refractivity contribution in [2.45, 2.75) is 19.4 Å². The van der Waals surface area contributed by atoms with E-state index in [1.165, 1.54) is 23.5 Å². The standard InChI is InChI=1S/C16H14FN3O3S/c1-2-7-19-11-4-3-10(17)8-12(11)24-16(19)18-13(21)9-20-14(22)5-6-15(20)23/h2-4,8H,1,5-7,9H2. The number of amides is 3. The quantitative estimate of drug-likeness (QED) is 0.623. The highest BCUT2D eigenvalue weighted by molar-refractivity contribution is 7.16. The maximum Gasteiger partial charge on any atom is 0.268 e. The van der Waals surface area contributed by atoms with Crippen LogP contribution in [0.5, 0.6) is 0 Å². The van der Waals surface area contributed by atoms with Crippen molar-refractivity contribution in [3.05, 3.63) is 41.5 Å². The van der Waals surface area contributed by atoms with Crippen LogP contribution in [-0.4, -0.2) is 33.7 Å². The molecule has 0 N–H and O–H groups in total. The number of likely N-dealkylation sites (tertiary alicyclic amines) is 1. The van der Waals surface area contributed by atoms with Gasteiger partial charge in [0.05, 0.1) is 10.2 Å². The van der Waals surface area contributed by atoms with Crippen molar-refractivity contribution in [3.63, 3.8) is 0 Å². The minimum atomic E-state index is -0.594. The molecule has 0 radical (unpaired) electrons. The van der Waals surface area contributed by atoms with Crippen LogP contribution in [0.3, 0.4) is 0 Å². The zero-order valence-electron chi connectivity index (χ0n) is 12.7. The van der Waals surface area contributed by atoms with E-state index in [0.717, 1.165) is 10.4 Å². The summed E-state index contributed by atoms with van der Waals surface area (Å²) >= 11 is 1.17. The zero-order chi connectivity index (χ0) is 17.3. The monoisotopic (exact) mass is 347 g/mol. The molecule has 0 bridgehead atoms. The lowest BCUT2D eigenvalue weighted by Crippen LogP contribution is -2.34. The third-order valence-electron chi connectivity index (χ3n) is 3.63.